The van der Waals surface area contributed by atoms with Gasteiger partial charge in [-0.3, -0.25) is 9.59 Å². The second-order valence-electron chi connectivity index (χ2n) is 7.93. The van der Waals surface area contributed by atoms with Crippen molar-refractivity contribution in [3.8, 4) is 0 Å². The summed E-state index contributed by atoms with van der Waals surface area (Å²) in [4.78, 5) is 24.7. The topological polar surface area (TPSA) is 63.1 Å². The van der Waals surface area contributed by atoms with Crippen LogP contribution in [0.4, 0.5) is 0 Å². The molecule has 32 heavy (non-hydrogen) atoms. The molecule has 2 amide bonds. The van der Waals surface area contributed by atoms with Gasteiger partial charge in [0.1, 0.15) is 0 Å². The molecule has 5 heteroatoms. The summed E-state index contributed by atoms with van der Waals surface area (Å²) < 4.78 is 2.28. The van der Waals surface area contributed by atoms with Crippen molar-refractivity contribution in [2.75, 3.05) is 13.1 Å². The Morgan fingerprint density at radius 2 is 1.31 bits per heavy atom. The van der Waals surface area contributed by atoms with Crippen LogP contribution in [-0.2, 0) is 6.54 Å². The number of benzene rings is 3. The van der Waals surface area contributed by atoms with E-state index in [0.29, 0.717) is 24.2 Å². The van der Waals surface area contributed by atoms with Crippen LogP contribution in [0.1, 0.15) is 46.9 Å². The van der Waals surface area contributed by atoms with Gasteiger partial charge in [0, 0.05) is 52.6 Å². The summed E-state index contributed by atoms with van der Waals surface area (Å²) in [6, 6.07) is 23.5. The van der Waals surface area contributed by atoms with E-state index in [-0.39, 0.29) is 11.8 Å². The lowest BCUT2D eigenvalue weighted by Gasteiger charge is -2.07. The number of fused-ring (bicyclic) bond motifs is 3. The zero-order valence-electron chi connectivity index (χ0n) is 18.4. The number of rotatable bonds is 9. The van der Waals surface area contributed by atoms with Gasteiger partial charge in [0.05, 0.1) is 0 Å². The highest BCUT2D eigenvalue weighted by atomic mass is 16.2. The van der Waals surface area contributed by atoms with Gasteiger partial charge in [0.25, 0.3) is 11.8 Å². The van der Waals surface area contributed by atoms with Gasteiger partial charge in [-0.2, -0.15) is 0 Å². The third-order valence-electron chi connectivity index (χ3n) is 5.81. The molecule has 0 saturated carbocycles. The molecule has 0 unspecified atom stereocenters. The third-order valence-corrected chi connectivity index (χ3v) is 5.81. The van der Waals surface area contributed by atoms with E-state index < -0.39 is 0 Å². The molecule has 164 valence electrons. The highest BCUT2D eigenvalue weighted by molar-refractivity contribution is 6.10. The Morgan fingerprint density at radius 3 is 2.03 bits per heavy atom. The lowest BCUT2D eigenvalue weighted by molar-refractivity contribution is 0.0947. The van der Waals surface area contributed by atoms with E-state index in [1.807, 2.05) is 60.7 Å². The van der Waals surface area contributed by atoms with E-state index in [1.165, 1.54) is 10.9 Å². The molecule has 0 aliphatic carbocycles. The minimum Gasteiger partial charge on any atom is -0.352 e. The maximum absolute atomic E-state index is 12.7. The number of unbranched alkanes of at least 4 members (excludes halogenated alkanes) is 2. The summed E-state index contributed by atoms with van der Waals surface area (Å²) in [7, 11) is 0. The lowest BCUT2D eigenvalue weighted by atomic mass is 10.1. The fourth-order valence-electron chi connectivity index (χ4n) is 4.16. The second-order valence-corrected chi connectivity index (χ2v) is 7.93. The molecule has 2 N–H and O–H groups in total. The number of carbonyl (C=O) groups is 2. The van der Waals surface area contributed by atoms with Crippen molar-refractivity contribution >= 4 is 33.6 Å². The van der Waals surface area contributed by atoms with Gasteiger partial charge < -0.3 is 15.2 Å². The SMILES string of the molecule is CCn1c2ccccc2c2cc(C(=O)NCCCCCNC(=O)c3ccccc3)ccc21. The number of amides is 2. The molecule has 0 spiro atoms. The molecule has 0 bridgehead atoms. The molecule has 4 aromatic rings. The number of aromatic nitrogens is 1. The quantitative estimate of drug-likeness (QED) is 0.363. The maximum Gasteiger partial charge on any atom is 0.251 e. The Balaban J connectivity index is 1.26. The van der Waals surface area contributed by atoms with Crippen LogP contribution in [0.2, 0.25) is 0 Å². The van der Waals surface area contributed by atoms with Gasteiger partial charge in [0.2, 0.25) is 0 Å². The fourth-order valence-corrected chi connectivity index (χ4v) is 4.16. The predicted octanol–water partition coefficient (Wildman–Crippen LogP) is 5.14. The van der Waals surface area contributed by atoms with Crippen LogP contribution in [0.3, 0.4) is 0 Å². The average Bonchev–Trinajstić information content (AvgIpc) is 3.16. The molecule has 4 rings (SSSR count). The van der Waals surface area contributed by atoms with Crippen molar-refractivity contribution in [2.45, 2.75) is 32.7 Å². The average molecular weight is 428 g/mol. The van der Waals surface area contributed by atoms with Crippen molar-refractivity contribution < 1.29 is 9.59 Å². The first-order valence-electron chi connectivity index (χ1n) is 11.3. The normalized spacial score (nSPS) is 11.0. The zero-order valence-corrected chi connectivity index (χ0v) is 18.4. The highest BCUT2D eigenvalue weighted by Gasteiger charge is 2.12. The maximum atomic E-state index is 12.7. The van der Waals surface area contributed by atoms with Crippen molar-refractivity contribution in [3.63, 3.8) is 0 Å². The molecule has 3 aromatic carbocycles. The molecular formula is C27H29N3O2. The first-order chi connectivity index (χ1) is 15.7. The lowest BCUT2D eigenvalue weighted by Crippen LogP contribution is -2.26. The monoisotopic (exact) mass is 427 g/mol. The van der Waals surface area contributed by atoms with Gasteiger partial charge in [0.15, 0.2) is 0 Å². The zero-order chi connectivity index (χ0) is 22.3. The molecule has 1 aromatic heterocycles. The second kappa shape index (κ2) is 10.1. The Morgan fingerprint density at radius 1 is 0.688 bits per heavy atom. The Labute approximate surface area is 188 Å². The molecule has 1 heterocycles. The summed E-state index contributed by atoms with van der Waals surface area (Å²) in [5, 5.41) is 8.25. The van der Waals surface area contributed by atoms with Crippen LogP contribution in [0.15, 0.2) is 72.8 Å². The van der Waals surface area contributed by atoms with Crippen molar-refractivity contribution in [3.05, 3.63) is 83.9 Å². The van der Waals surface area contributed by atoms with Crippen LogP contribution in [-0.4, -0.2) is 29.5 Å². The standard InChI is InChI=1S/C27H29N3O2/c1-2-30-24-14-8-7-13-22(24)23-19-21(15-16-25(23)30)27(32)29-18-10-4-9-17-28-26(31)20-11-5-3-6-12-20/h3,5-8,11-16,19H,2,4,9-10,17-18H2,1H3,(H,28,31)(H,29,32). The molecule has 0 fully saturated rings. The summed E-state index contributed by atoms with van der Waals surface area (Å²) in [5.41, 5.74) is 3.72. The number of nitrogens with zero attached hydrogens (tertiary/aromatic N) is 1. The Bertz CT molecular complexity index is 1230. The number of nitrogens with one attached hydrogen (secondary N) is 2. The smallest absolute Gasteiger partial charge is 0.251 e. The van der Waals surface area contributed by atoms with E-state index in [1.54, 1.807) is 0 Å². The third kappa shape index (κ3) is 4.67. The number of carbonyl (C=O) groups excluding carboxylic acids is 2. The van der Waals surface area contributed by atoms with Gasteiger partial charge in [-0.1, -0.05) is 36.4 Å². The van der Waals surface area contributed by atoms with Gasteiger partial charge >= 0.3 is 0 Å². The molecule has 0 atom stereocenters. The van der Waals surface area contributed by atoms with Crippen molar-refractivity contribution in [1.29, 1.82) is 0 Å². The van der Waals surface area contributed by atoms with Crippen LogP contribution in [0.5, 0.6) is 0 Å². The van der Waals surface area contributed by atoms with Gasteiger partial charge in [-0.05, 0) is 62.6 Å². The highest BCUT2D eigenvalue weighted by Crippen LogP contribution is 2.29. The first kappa shape index (κ1) is 21.6. The molecular weight excluding hydrogens is 398 g/mol. The van der Waals surface area contributed by atoms with Crippen molar-refractivity contribution in [1.82, 2.24) is 15.2 Å². The van der Waals surface area contributed by atoms with Crippen LogP contribution in [0, 0.1) is 0 Å². The summed E-state index contributed by atoms with van der Waals surface area (Å²) in [5.74, 6) is -0.0867. The Hall–Kier alpha value is -3.60. The molecule has 0 saturated heterocycles. The van der Waals surface area contributed by atoms with E-state index in [2.05, 4.69) is 34.3 Å². The minimum atomic E-state index is -0.0439. The van der Waals surface area contributed by atoms with Crippen LogP contribution >= 0.6 is 0 Å². The summed E-state index contributed by atoms with van der Waals surface area (Å²) in [6.07, 6.45) is 2.71. The molecule has 0 radical (unpaired) electrons. The molecule has 5 nitrogen and oxygen atoms in total. The summed E-state index contributed by atoms with van der Waals surface area (Å²) in [6.45, 7) is 4.29. The van der Waals surface area contributed by atoms with E-state index in [9.17, 15) is 9.59 Å². The van der Waals surface area contributed by atoms with Crippen LogP contribution < -0.4 is 10.6 Å². The van der Waals surface area contributed by atoms with Gasteiger partial charge in [-0.25, -0.2) is 0 Å². The van der Waals surface area contributed by atoms with E-state index in [4.69, 9.17) is 0 Å². The number of para-hydroxylation sites is 1. The number of hydrogen-bond donors (Lipinski definition) is 2. The predicted molar refractivity (Wildman–Crippen MR) is 130 cm³/mol. The van der Waals surface area contributed by atoms with E-state index in [0.717, 1.165) is 36.7 Å². The van der Waals surface area contributed by atoms with Crippen molar-refractivity contribution in [2.24, 2.45) is 0 Å². The molecule has 0 aliphatic heterocycles. The number of aryl methyl sites for hydroxylation is 1. The summed E-state index contributed by atoms with van der Waals surface area (Å²) >= 11 is 0. The minimum absolute atomic E-state index is 0.0428. The number of hydrogen-bond acceptors (Lipinski definition) is 2. The van der Waals surface area contributed by atoms with Gasteiger partial charge in [-0.15, -0.1) is 0 Å². The fraction of sp³-hybridized carbons (Fsp3) is 0.259. The van der Waals surface area contributed by atoms with Crippen LogP contribution in [0.25, 0.3) is 21.8 Å². The van der Waals surface area contributed by atoms with E-state index >= 15 is 0 Å². The largest absolute Gasteiger partial charge is 0.352 e. The molecule has 0 aliphatic rings. The first-order valence-corrected chi connectivity index (χ1v) is 11.3. The Kier molecular flexibility index (Phi) is 6.85.